The van der Waals surface area contributed by atoms with Crippen molar-refractivity contribution in [2.45, 2.75) is 6.92 Å². The minimum Gasteiger partial charge on any atom is -0.262 e. The summed E-state index contributed by atoms with van der Waals surface area (Å²) in [7, 11) is 0. The third kappa shape index (κ3) is 13.2. The average molecular weight is 1890 g/mol. The van der Waals surface area contributed by atoms with Gasteiger partial charge in [-0.1, -0.05) is 322 Å². The van der Waals surface area contributed by atoms with Gasteiger partial charge in [0.25, 0.3) is 0 Å². The summed E-state index contributed by atoms with van der Waals surface area (Å²) in [5, 5.41) is 126. The lowest BCUT2D eigenvalue weighted by atomic mass is 9.83. The van der Waals surface area contributed by atoms with Gasteiger partial charge in [0.05, 0.1) is 75.8 Å². The van der Waals surface area contributed by atoms with Crippen molar-refractivity contribution in [3.63, 3.8) is 0 Å². The Morgan fingerprint density at radius 2 is 0.477 bits per heavy atom. The Hall–Kier alpha value is -22.8. The van der Waals surface area contributed by atoms with Gasteiger partial charge in [-0.3, -0.25) is 14.5 Å². The molecule has 0 radical (unpaired) electrons. The van der Waals surface area contributed by atoms with Crippen LogP contribution in [0.25, 0.3) is 275 Å². The van der Waals surface area contributed by atoms with Gasteiger partial charge in [0, 0.05) is 65.0 Å². The zero-order valence-corrected chi connectivity index (χ0v) is 78.2. The third-order valence-electron chi connectivity index (χ3n) is 28.5. The van der Waals surface area contributed by atoms with E-state index in [9.17, 15) is 47.4 Å². The van der Waals surface area contributed by atoms with Gasteiger partial charge >= 0.3 is 0 Å². The van der Waals surface area contributed by atoms with E-state index in [0.29, 0.717) is 66.0 Å². The number of hydrogen-bond acceptors (Lipinski definition) is 17. The number of nitriles is 9. The lowest BCUT2D eigenvalue weighted by Gasteiger charge is -2.21. The SMILES string of the molecule is Cc1nc(C#N)c(C#N)nc1-c1c(-c2cc3ccccc3c3ccccc23)c2ccccc2c2ccccc12.N#Cc1nc2c(nc1C#N)c1c3ccccc3c3ccccc3c1c1ccc3ccccc3c12.N#Cc1nc2c3ccc4ccccc4c3c3c4ccccc4c4ccccc4c3c2nc1C#N.[C-]#[N+]c1c([N+]#[C-])c([N+]#[C-])c2cc3c(cc2c1C#N)c1nc(C#N)c(C#N)nc1c1c2ccccc2c2ccccc2c31. The van der Waals surface area contributed by atoms with Crippen LogP contribution in [0.15, 0.2) is 334 Å². The van der Waals surface area contributed by atoms with Crippen LogP contribution < -0.4 is 0 Å². The molecule has 0 fully saturated rings. The van der Waals surface area contributed by atoms with Crippen LogP contribution in [0.4, 0.5) is 17.1 Å². The molecule has 4 aromatic heterocycles. The van der Waals surface area contributed by atoms with E-state index in [2.05, 4.69) is 278 Å². The van der Waals surface area contributed by atoms with Gasteiger partial charge in [-0.25, -0.2) is 39.9 Å². The zero-order chi connectivity index (χ0) is 101. The molecule has 0 amide bonds. The van der Waals surface area contributed by atoms with Crippen LogP contribution in [-0.2, 0) is 0 Å². The Labute approximate surface area is 845 Å². The largest absolute Gasteiger partial charge is 0.262 e. The van der Waals surface area contributed by atoms with E-state index in [1.54, 1.807) is 12.1 Å². The molecule has 674 valence electrons. The highest BCUT2D eigenvalue weighted by molar-refractivity contribution is 6.45. The van der Waals surface area contributed by atoms with Gasteiger partial charge in [0.15, 0.2) is 51.2 Å². The second kappa shape index (κ2) is 34.9. The van der Waals surface area contributed by atoms with Crippen molar-refractivity contribution in [3.05, 3.63) is 425 Å². The first-order valence-electron chi connectivity index (χ1n) is 47.2. The maximum atomic E-state index is 10.1. The smallest absolute Gasteiger partial charge is 0.202 e. The van der Waals surface area contributed by atoms with Gasteiger partial charge in [0.2, 0.25) is 11.4 Å². The summed E-state index contributed by atoms with van der Waals surface area (Å²) < 4.78 is 0. The monoisotopic (exact) mass is 1890 g/mol. The Bertz CT molecular complexity index is 11700. The number of fused-ring (bicyclic) bond motifs is 44. The summed E-state index contributed by atoms with van der Waals surface area (Å²) in [6, 6.07) is 132. The number of aromatic nitrogens is 8. The van der Waals surface area contributed by atoms with Gasteiger partial charge in [0.1, 0.15) is 48.6 Å². The van der Waals surface area contributed by atoms with E-state index in [4.69, 9.17) is 44.6 Å². The molecule has 149 heavy (non-hydrogen) atoms. The second-order valence-corrected chi connectivity index (χ2v) is 35.9. The Morgan fingerprint density at radius 1 is 0.188 bits per heavy atom. The first-order valence-corrected chi connectivity index (χ1v) is 47.2. The fourth-order valence-electron chi connectivity index (χ4n) is 22.5. The zero-order valence-electron chi connectivity index (χ0n) is 78.2. The van der Waals surface area contributed by atoms with Crippen LogP contribution in [0.1, 0.15) is 56.8 Å². The molecule has 0 aliphatic heterocycles. The first kappa shape index (κ1) is 87.7. The number of nitrogens with zero attached hydrogens (tertiary/aromatic N) is 20. The molecule has 0 unspecified atom stereocenters. The molecular weight excluding hydrogens is 1830 g/mol. The second-order valence-electron chi connectivity index (χ2n) is 35.9. The number of rotatable bonds is 2. The normalized spacial score (nSPS) is 11.2. The molecule has 0 saturated carbocycles. The molecule has 4 heterocycles. The molecule has 28 rings (SSSR count). The fraction of sp³-hybridized carbons (Fsp3) is 0.00775. The highest BCUT2D eigenvalue weighted by Gasteiger charge is 2.31. The number of aryl methyl sites for hydroxylation is 1. The minimum absolute atomic E-state index is 0.00568. The maximum Gasteiger partial charge on any atom is 0.202 e. The minimum atomic E-state index is -0.178. The Balaban J connectivity index is 0.000000103. The van der Waals surface area contributed by atoms with Gasteiger partial charge in [-0.2, -0.15) is 47.4 Å². The molecular formula is C129H58N20. The molecule has 0 N–H and O–H groups in total. The highest BCUT2D eigenvalue weighted by Crippen LogP contribution is 2.55. The van der Waals surface area contributed by atoms with Crippen LogP contribution >= 0.6 is 0 Å². The summed E-state index contributed by atoms with van der Waals surface area (Å²) in [6.45, 7) is 25.2. The standard InChI is InChI=1S/C35H20N4.C34H10N8.2C30H14N4/c1-21-35(39-32(20-37)31(19-36)38-21)34-29-17-9-7-14-26(29)25-13-6-8-16-28(25)33(34)30-18-22-10-2-3-11-23(22)24-12-4-5-15-27(24)30;1-38-30-23-13-22-24(12-21(23)25(14-35)31(39-2)34(30)40-3)32-33(42-27(16-37)26(15-36)41-32)29-20-11-7-5-9-18(20)17-8-4-6-10-19(17)28(22)29;31-15-24-25(16-32)34-30-28-22-12-6-4-10-20(22)19-9-3-5-11-21(19)26(28)23-14-13-17-7-1-2-8-18(17)27(23)29(30)33-24;31-15-24-25(16-32)34-30-28-22-12-6-4-10-20(22)19-9-3-5-11-21(19)27(28)26-18-8-2-1-7-17(18)13-14-23(26)29(30)33-24/h2-18H,1H3;4-13H;2*1-14H. The van der Waals surface area contributed by atoms with E-state index >= 15 is 0 Å². The predicted molar refractivity (Wildman–Crippen MR) is 590 cm³/mol. The number of hydrogen-bond donors (Lipinski definition) is 0. The quantitative estimate of drug-likeness (QED) is 0.0881. The molecule has 20 heteroatoms. The molecule has 0 aliphatic carbocycles. The van der Waals surface area contributed by atoms with Gasteiger partial charge in [-0.15, -0.1) is 0 Å². The van der Waals surface area contributed by atoms with E-state index in [1.165, 1.54) is 21.5 Å². The first-order chi connectivity index (χ1) is 73.4. The van der Waals surface area contributed by atoms with Crippen LogP contribution in [0, 0.1) is 129 Å². The van der Waals surface area contributed by atoms with E-state index in [1.807, 2.05) is 134 Å². The van der Waals surface area contributed by atoms with E-state index in [0.717, 1.165) is 178 Å². The average Bonchev–Trinajstić information content (AvgIpc) is 0.701. The van der Waals surface area contributed by atoms with Gasteiger partial charge in [-0.05, 0) is 175 Å². The van der Waals surface area contributed by atoms with Crippen molar-refractivity contribution in [3.8, 4) is 77.0 Å². The molecule has 0 atom stereocenters. The lowest BCUT2D eigenvalue weighted by molar-refractivity contribution is 1.08. The van der Waals surface area contributed by atoms with Crippen LogP contribution in [0.5, 0.6) is 0 Å². The summed E-state index contributed by atoms with van der Waals surface area (Å²) in [5.41, 5.74) is 7.29. The topological polar surface area (TPSA) is 330 Å². The molecule has 0 bridgehead atoms. The van der Waals surface area contributed by atoms with Crippen LogP contribution in [0.2, 0.25) is 0 Å². The van der Waals surface area contributed by atoms with E-state index < -0.39 is 0 Å². The Morgan fingerprint density at radius 3 is 0.906 bits per heavy atom. The summed E-state index contributed by atoms with van der Waals surface area (Å²) in [6.07, 6.45) is 0. The van der Waals surface area contributed by atoms with Crippen LogP contribution in [0.3, 0.4) is 0 Å². The van der Waals surface area contributed by atoms with E-state index in [-0.39, 0.29) is 68.2 Å². The van der Waals surface area contributed by atoms with Crippen LogP contribution in [-0.4, -0.2) is 39.9 Å². The summed E-state index contributed by atoms with van der Waals surface area (Å²) in [5.74, 6) is 0. The molecule has 20 nitrogen and oxygen atoms in total. The molecule has 24 aromatic carbocycles. The van der Waals surface area contributed by atoms with Gasteiger partial charge < -0.3 is 0 Å². The van der Waals surface area contributed by atoms with Crippen molar-refractivity contribution in [2.24, 2.45) is 0 Å². The summed E-state index contributed by atoms with van der Waals surface area (Å²) >= 11 is 0. The van der Waals surface area contributed by atoms with Crippen molar-refractivity contribution in [2.75, 3.05) is 0 Å². The molecule has 0 spiro atoms. The van der Waals surface area contributed by atoms with Crippen molar-refractivity contribution >= 4 is 255 Å². The molecule has 0 saturated heterocycles. The van der Waals surface area contributed by atoms with Crippen molar-refractivity contribution < 1.29 is 0 Å². The predicted octanol–water partition coefficient (Wildman–Crippen LogP) is 31.4. The maximum absolute atomic E-state index is 10.1. The molecule has 28 aromatic rings. The Kier molecular flexibility index (Phi) is 20.5. The summed E-state index contributed by atoms with van der Waals surface area (Å²) in [4.78, 5) is 48.1. The highest BCUT2D eigenvalue weighted by atomic mass is 14.9. The third-order valence-corrected chi connectivity index (χ3v) is 28.5. The van der Waals surface area contributed by atoms with Crippen molar-refractivity contribution in [1.82, 2.24) is 39.9 Å². The van der Waals surface area contributed by atoms with Crippen molar-refractivity contribution in [1.29, 1.82) is 47.4 Å². The molecule has 0 aliphatic rings. The lowest BCUT2D eigenvalue weighted by Crippen LogP contribution is -2.03. The number of benzene rings is 24. The fourth-order valence-corrected chi connectivity index (χ4v) is 22.5.